The van der Waals surface area contributed by atoms with Crippen molar-refractivity contribution in [3.8, 4) is 0 Å². The molecule has 0 radical (unpaired) electrons. The fourth-order valence-electron chi connectivity index (χ4n) is 3.17. The molecule has 104 valence electrons. The highest BCUT2D eigenvalue weighted by molar-refractivity contribution is 5.09. The Morgan fingerprint density at radius 1 is 1.47 bits per heavy atom. The second-order valence-corrected chi connectivity index (χ2v) is 5.90. The van der Waals surface area contributed by atoms with Crippen molar-refractivity contribution in [2.45, 2.75) is 38.1 Å². The first-order valence-corrected chi connectivity index (χ1v) is 7.02. The molecule has 1 atom stereocenters. The van der Waals surface area contributed by atoms with E-state index in [0.29, 0.717) is 12.7 Å². The molecule has 0 saturated carbocycles. The largest absolute Gasteiger partial charge is 0.372 e. The SMILES string of the molecule is Cc1cccc(CO[C@@H]2CCOC3(C2)CN(C)C3)n1. The third-order valence-corrected chi connectivity index (χ3v) is 3.98. The number of hydrogen-bond acceptors (Lipinski definition) is 4. The summed E-state index contributed by atoms with van der Waals surface area (Å²) in [6, 6.07) is 6.07. The van der Waals surface area contributed by atoms with Gasteiger partial charge in [0.15, 0.2) is 0 Å². The zero-order valence-corrected chi connectivity index (χ0v) is 11.8. The van der Waals surface area contributed by atoms with Crippen molar-refractivity contribution < 1.29 is 9.47 Å². The van der Waals surface area contributed by atoms with E-state index in [4.69, 9.17) is 9.47 Å². The fourth-order valence-corrected chi connectivity index (χ4v) is 3.17. The van der Waals surface area contributed by atoms with E-state index in [1.165, 1.54) is 0 Å². The van der Waals surface area contributed by atoms with Crippen LogP contribution in [-0.2, 0) is 16.1 Å². The Labute approximate surface area is 114 Å². The summed E-state index contributed by atoms with van der Waals surface area (Å²) >= 11 is 0. The zero-order valence-electron chi connectivity index (χ0n) is 11.8. The molecule has 0 N–H and O–H groups in total. The topological polar surface area (TPSA) is 34.6 Å². The van der Waals surface area contributed by atoms with Crippen molar-refractivity contribution in [1.82, 2.24) is 9.88 Å². The van der Waals surface area contributed by atoms with Crippen LogP contribution in [0.2, 0.25) is 0 Å². The van der Waals surface area contributed by atoms with E-state index >= 15 is 0 Å². The van der Waals surface area contributed by atoms with Crippen molar-refractivity contribution >= 4 is 0 Å². The molecule has 2 saturated heterocycles. The van der Waals surface area contributed by atoms with Crippen LogP contribution >= 0.6 is 0 Å². The van der Waals surface area contributed by atoms with Crippen molar-refractivity contribution in [2.75, 3.05) is 26.7 Å². The number of nitrogens with zero attached hydrogens (tertiary/aromatic N) is 2. The number of likely N-dealkylation sites (tertiary alicyclic amines) is 1. The second kappa shape index (κ2) is 5.19. The molecule has 19 heavy (non-hydrogen) atoms. The third-order valence-electron chi connectivity index (χ3n) is 3.98. The maximum Gasteiger partial charge on any atom is 0.0959 e. The third kappa shape index (κ3) is 2.96. The molecule has 4 heteroatoms. The van der Waals surface area contributed by atoms with E-state index in [2.05, 4.69) is 16.9 Å². The monoisotopic (exact) mass is 262 g/mol. The van der Waals surface area contributed by atoms with E-state index in [1.54, 1.807) is 0 Å². The van der Waals surface area contributed by atoms with Gasteiger partial charge in [-0.2, -0.15) is 0 Å². The predicted molar refractivity (Wildman–Crippen MR) is 73.0 cm³/mol. The van der Waals surface area contributed by atoms with Crippen molar-refractivity contribution in [3.63, 3.8) is 0 Å². The lowest BCUT2D eigenvalue weighted by molar-refractivity contribution is -0.193. The number of rotatable bonds is 3. The lowest BCUT2D eigenvalue weighted by Crippen LogP contribution is -2.64. The average molecular weight is 262 g/mol. The van der Waals surface area contributed by atoms with Gasteiger partial charge in [-0.1, -0.05) is 6.07 Å². The summed E-state index contributed by atoms with van der Waals surface area (Å²) in [5.74, 6) is 0. The Morgan fingerprint density at radius 2 is 2.32 bits per heavy atom. The van der Waals surface area contributed by atoms with Crippen LogP contribution in [-0.4, -0.2) is 48.3 Å². The molecule has 0 aromatic carbocycles. The molecule has 0 aliphatic carbocycles. The summed E-state index contributed by atoms with van der Waals surface area (Å²) < 4.78 is 12.0. The van der Waals surface area contributed by atoms with Crippen LogP contribution in [0.3, 0.4) is 0 Å². The van der Waals surface area contributed by atoms with Crippen LogP contribution in [0.15, 0.2) is 18.2 Å². The molecule has 3 heterocycles. The number of hydrogen-bond donors (Lipinski definition) is 0. The summed E-state index contributed by atoms with van der Waals surface area (Å²) in [6.45, 7) is 5.51. The number of aryl methyl sites for hydroxylation is 1. The van der Waals surface area contributed by atoms with E-state index < -0.39 is 0 Å². The smallest absolute Gasteiger partial charge is 0.0959 e. The first-order chi connectivity index (χ1) is 9.15. The summed E-state index contributed by atoms with van der Waals surface area (Å²) in [6.07, 6.45) is 2.32. The number of ether oxygens (including phenoxy) is 2. The van der Waals surface area contributed by atoms with Gasteiger partial charge in [0.2, 0.25) is 0 Å². The van der Waals surface area contributed by atoms with E-state index in [-0.39, 0.29) is 5.60 Å². The van der Waals surface area contributed by atoms with Gasteiger partial charge in [-0.25, -0.2) is 0 Å². The Morgan fingerprint density at radius 3 is 3.05 bits per heavy atom. The number of likely N-dealkylation sites (N-methyl/N-ethyl adjacent to an activating group) is 1. The van der Waals surface area contributed by atoms with Gasteiger partial charge in [0.05, 0.1) is 24.0 Å². The molecule has 1 spiro atoms. The zero-order chi connectivity index (χ0) is 13.3. The molecule has 2 aliphatic heterocycles. The molecule has 1 aromatic heterocycles. The minimum absolute atomic E-state index is 0.0672. The van der Waals surface area contributed by atoms with Crippen LogP contribution in [0.25, 0.3) is 0 Å². The number of aromatic nitrogens is 1. The standard InChI is InChI=1S/C15H22N2O2/c1-12-4-3-5-13(16-12)9-18-14-6-7-19-15(8-14)10-17(2)11-15/h3-5,14H,6-11H2,1-2H3/t14-/m1/s1. The lowest BCUT2D eigenvalue weighted by atomic mass is 9.85. The van der Waals surface area contributed by atoms with Gasteiger partial charge in [0.1, 0.15) is 0 Å². The molecule has 3 rings (SSSR count). The summed E-state index contributed by atoms with van der Waals surface area (Å²) in [4.78, 5) is 6.77. The van der Waals surface area contributed by atoms with Gasteiger partial charge in [-0.15, -0.1) is 0 Å². The molecular weight excluding hydrogens is 240 g/mol. The van der Waals surface area contributed by atoms with Gasteiger partial charge >= 0.3 is 0 Å². The Balaban J connectivity index is 1.53. The normalized spacial score (nSPS) is 26.3. The Bertz CT molecular complexity index is 438. The summed E-state index contributed by atoms with van der Waals surface area (Å²) in [5, 5.41) is 0. The van der Waals surface area contributed by atoms with Crippen LogP contribution in [0.5, 0.6) is 0 Å². The average Bonchev–Trinajstić information content (AvgIpc) is 2.35. The number of pyridine rings is 1. The minimum atomic E-state index is 0.0672. The first kappa shape index (κ1) is 13.0. The lowest BCUT2D eigenvalue weighted by Gasteiger charge is -2.51. The first-order valence-electron chi connectivity index (χ1n) is 7.02. The highest BCUT2D eigenvalue weighted by atomic mass is 16.5. The molecule has 1 aromatic rings. The van der Waals surface area contributed by atoms with E-state index in [1.807, 2.05) is 25.1 Å². The van der Waals surface area contributed by atoms with Crippen LogP contribution in [0, 0.1) is 6.92 Å². The van der Waals surface area contributed by atoms with Crippen LogP contribution in [0.1, 0.15) is 24.2 Å². The molecule has 2 aliphatic rings. The van der Waals surface area contributed by atoms with Gasteiger partial charge in [0.25, 0.3) is 0 Å². The maximum absolute atomic E-state index is 6.03. The molecule has 4 nitrogen and oxygen atoms in total. The second-order valence-electron chi connectivity index (χ2n) is 5.90. The molecule has 2 fully saturated rings. The maximum atomic E-state index is 6.03. The Kier molecular flexibility index (Phi) is 3.56. The molecular formula is C15H22N2O2. The van der Waals surface area contributed by atoms with Gasteiger partial charge < -0.3 is 14.4 Å². The van der Waals surface area contributed by atoms with Gasteiger partial charge in [-0.05, 0) is 32.5 Å². The van der Waals surface area contributed by atoms with E-state index in [0.717, 1.165) is 43.9 Å². The van der Waals surface area contributed by atoms with Crippen molar-refractivity contribution in [3.05, 3.63) is 29.6 Å². The highest BCUT2D eigenvalue weighted by Gasteiger charge is 2.46. The van der Waals surface area contributed by atoms with Crippen molar-refractivity contribution in [2.24, 2.45) is 0 Å². The highest BCUT2D eigenvalue weighted by Crippen LogP contribution is 2.34. The fraction of sp³-hybridized carbons (Fsp3) is 0.667. The summed E-state index contributed by atoms with van der Waals surface area (Å²) in [5.41, 5.74) is 2.13. The quantitative estimate of drug-likeness (QED) is 0.831. The van der Waals surface area contributed by atoms with Crippen molar-refractivity contribution in [1.29, 1.82) is 0 Å². The Hall–Kier alpha value is -0.970. The molecule has 0 amide bonds. The van der Waals surface area contributed by atoms with Crippen LogP contribution in [0.4, 0.5) is 0 Å². The summed E-state index contributed by atoms with van der Waals surface area (Å²) in [7, 11) is 2.13. The minimum Gasteiger partial charge on any atom is -0.372 e. The van der Waals surface area contributed by atoms with Crippen LogP contribution < -0.4 is 0 Å². The molecule has 0 bridgehead atoms. The predicted octanol–water partition coefficient (Wildman–Crippen LogP) is 1.77. The molecule has 0 unspecified atom stereocenters. The van der Waals surface area contributed by atoms with Gasteiger partial charge in [-0.3, -0.25) is 4.98 Å². The van der Waals surface area contributed by atoms with Gasteiger partial charge in [0, 0.05) is 31.8 Å². The van der Waals surface area contributed by atoms with E-state index in [9.17, 15) is 0 Å².